The van der Waals surface area contributed by atoms with Crippen molar-refractivity contribution < 1.29 is 4.52 Å². The normalized spacial score (nSPS) is 24.2. The van der Waals surface area contributed by atoms with Gasteiger partial charge in [0.1, 0.15) is 0 Å². The molecule has 2 N–H and O–H groups in total. The van der Waals surface area contributed by atoms with E-state index in [0.29, 0.717) is 10.9 Å². The summed E-state index contributed by atoms with van der Waals surface area (Å²) in [4.78, 5) is 0. The predicted molar refractivity (Wildman–Crippen MR) is 45.3 cm³/mol. The van der Waals surface area contributed by atoms with E-state index < -0.39 is 0 Å². The van der Waals surface area contributed by atoms with Crippen molar-refractivity contribution in [2.75, 3.05) is 11.5 Å². The van der Waals surface area contributed by atoms with Gasteiger partial charge < -0.3 is 10.3 Å². The summed E-state index contributed by atoms with van der Waals surface area (Å²) in [5.41, 5.74) is 6.35. The van der Waals surface area contributed by atoms with Crippen molar-refractivity contribution in [3.63, 3.8) is 0 Å². The van der Waals surface area contributed by atoms with Gasteiger partial charge in [-0.1, -0.05) is 5.16 Å². The molecule has 0 aliphatic carbocycles. The molecule has 1 aromatic rings. The van der Waals surface area contributed by atoms with Gasteiger partial charge in [-0.2, -0.15) is 11.8 Å². The molecule has 2 heterocycles. The van der Waals surface area contributed by atoms with Gasteiger partial charge in [0, 0.05) is 0 Å². The van der Waals surface area contributed by atoms with Crippen LogP contribution in [-0.4, -0.2) is 10.9 Å². The minimum atomic E-state index is 0.456. The first kappa shape index (κ1) is 7.03. The van der Waals surface area contributed by atoms with E-state index in [1.807, 2.05) is 11.8 Å². The second-order valence-electron chi connectivity index (χ2n) is 2.65. The number of anilines is 1. The highest BCUT2D eigenvalue weighted by molar-refractivity contribution is 7.99. The van der Waals surface area contributed by atoms with Crippen LogP contribution in [0.3, 0.4) is 0 Å². The van der Waals surface area contributed by atoms with Gasteiger partial charge in [0.2, 0.25) is 0 Å². The van der Waals surface area contributed by atoms with E-state index in [4.69, 9.17) is 10.3 Å². The lowest BCUT2D eigenvalue weighted by atomic mass is 10.2. The molecule has 1 saturated heterocycles. The summed E-state index contributed by atoms with van der Waals surface area (Å²) in [6, 6.07) is 0. The van der Waals surface area contributed by atoms with Crippen LogP contribution in [0.1, 0.15) is 23.9 Å². The number of hydrogen-bond acceptors (Lipinski definition) is 4. The number of rotatable bonds is 1. The Labute approximate surface area is 69.3 Å². The average Bonchev–Trinajstić information content (AvgIpc) is 2.55. The second-order valence-corrected chi connectivity index (χ2v) is 3.96. The number of nitrogens with zero attached hydrogens (tertiary/aromatic N) is 1. The van der Waals surface area contributed by atoms with Crippen molar-refractivity contribution in [2.45, 2.75) is 18.1 Å². The fourth-order valence-electron chi connectivity index (χ4n) is 1.29. The fraction of sp³-hybridized carbons (Fsp3) is 0.571. The van der Waals surface area contributed by atoms with Gasteiger partial charge in [-0.05, 0) is 18.6 Å². The van der Waals surface area contributed by atoms with Crippen LogP contribution in [0.15, 0.2) is 10.7 Å². The number of hydrogen-bond donors (Lipinski definition) is 1. The SMILES string of the molecule is Nc1cnoc1C1CCCS1. The lowest BCUT2D eigenvalue weighted by Gasteiger charge is -2.02. The topological polar surface area (TPSA) is 52.0 Å². The number of thioether (sulfide) groups is 1. The molecule has 0 radical (unpaired) electrons. The molecule has 2 rings (SSSR count). The fourth-order valence-corrected chi connectivity index (χ4v) is 2.57. The van der Waals surface area contributed by atoms with Gasteiger partial charge in [0.05, 0.1) is 17.1 Å². The Balaban J connectivity index is 2.21. The van der Waals surface area contributed by atoms with Crippen LogP contribution in [0.25, 0.3) is 0 Å². The zero-order valence-electron chi connectivity index (χ0n) is 6.12. The van der Waals surface area contributed by atoms with Crippen LogP contribution in [0.2, 0.25) is 0 Å². The van der Waals surface area contributed by atoms with Crippen LogP contribution in [-0.2, 0) is 0 Å². The molecule has 1 aliphatic heterocycles. The minimum Gasteiger partial charge on any atom is -0.395 e. The maximum atomic E-state index is 5.65. The quantitative estimate of drug-likeness (QED) is 0.698. The zero-order valence-corrected chi connectivity index (χ0v) is 6.93. The molecule has 1 unspecified atom stereocenters. The van der Waals surface area contributed by atoms with Crippen molar-refractivity contribution in [1.29, 1.82) is 0 Å². The molecule has 1 atom stereocenters. The van der Waals surface area contributed by atoms with E-state index in [1.54, 1.807) is 6.20 Å². The molecule has 11 heavy (non-hydrogen) atoms. The third-order valence-electron chi connectivity index (χ3n) is 1.85. The van der Waals surface area contributed by atoms with Gasteiger partial charge in [0.15, 0.2) is 5.76 Å². The maximum absolute atomic E-state index is 5.65. The highest BCUT2D eigenvalue weighted by atomic mass is 32.2. The molecule has 60 valence electrons. The van der Waals surface area contributed by atoms with Crippen molar-refractivity contribution in [3.8, 4) is 0 Å². The van der Waals surface area contributed by atoms with Crippen LogP contribution in [0.5, 0.6) is 0 Å². The van der Waals surface area contributed by atoms with Gasteiger partial charge in [-0.15, -0.1) is 0 Å². The van der Waals surface area contributed by atoms with E-state index in [1.165, 1.54) is 18.6 Å². The molecule has 4 heteroatoms. The first-order valence-electron chi connectivity index (χ1n) is 3.69. The Bertz CT molecular complexity index is 242. The Kier molecular flexibility index (Phi) is 1.77. The van der Waals surface area contributed by atoms with Gasteiger partial charge in [-0.25, -0.2) is 0 Å². The Hall–Kier alpha value is -0.640. The van der Waals surface area contributed by atoms with Crippen molar-refractivity contribution in [2.24, 2.45) is 0 Å². The predicted octanol–water partition coefficient (Wildman–Crippen LogP) is 1.82. The summed E-state index contributed by atoms with van der Waals surface area (Å²) in [6.45, 7) is 0. The standard InChI is InChI=1S/C7H10N2OS/c8-5-4-9-10-7(5)6-2-1-3-11-6/h4,6H,1-3,8H2. The van der Waals surface area contributed by atoms with E-state index in [-0.39, 0.29) is 0 Å². The van der Waals surface area contributed by atoms with Crippen LogP contribution in [0.4, 0.5) is 5.69 Å². The highest BCUT2D eigenvalue weighted by Crippen LogP contribution is 2.41. The van der Waals surface area contributed by atoms with Gasteiger partial charge in [-0.3, -0.25) is 0 Å². The molecule has 0 amide bonds. The highest BCUT2D eigenvalue weighted by Gasteiger charge is 2.23. The smallest absolute Gasteiger partial charge is 0.172 e. The molecule has 0 aromatic carbocycles. The Morgan fingerprint density at radius 3 is 3.18 bits per heavy atom. The van der Waals surface area contributed by atoms with Crippen LogP contribution in [0, 0.1) is 0 Å². The molecular weight excluding hydrogens is 160 g/mol. The Morgan fingerprint density at radius 1 is 1.73 bits per heavy atom. The molecule has 0 spiro atoms. The summed E-state index contributed by atoms with van der Waals surface area (Å²) in [6.07, 6.45) is 4.01. The lowest BCUT2D eigenvalue weighted by Crippen LogP contribution is -1.91. The number of aromatic nitrogens is 1. The van der Waals surface area contributed by atoms with E-state index in [0.717, 1.165) is 5.76 Å². The largest absolute Gasteiger partial charge is 0.395 e. The summed E-state index contributed by atoms with van der Waals surface area (Å²) in [5, 5.41) is 4.11. The number of nitrogen functional groups attached to an aromatic ring is 1. The molecule has 1 aliphatic rings. The van der Waals surface area contributed by atoms with Crippen LogP contribution < -0.4 is 5.73 Å². The van der Waals surface area contributed by atoms with E-state index in [2.05, 4.69) is 5.16 Å². The van der Waals surface area contributed by atoms with Gasteiger partial charge in [0.25, 0.3) is 0 Å². The van der Waals surface area contributed by atoms with Crippen LogP contribution >= 0.6 is 11.8 Å². The first-order valence-corrected chi connectivity index (χ1v) is 4.74. The van der Waals surface area contributed by atoms with Gasteiger partial charge >= 0.3 is 0 Å². The average molecular weight is 170 g/mol. The maximum Gasteiger partial charge on any atom is 0.172 e. The van der Waals surface area contributed by atoms with Crippen molar-refractivity contribution >= 4 is 17.4 Å². The zero-order chi connectivity index (χ0) is 7.68. The number of nitrogens with two attached hydrogens (primary N) is 1. The van der Waals surface area contributed by atoms with Crippen molar-refractivity contribution in [1.82, 2.24) is 5.16 Å². The lowest BCUT2D eigenvalue weighted by molar-refractivity contribution is 0.381. The van der Waals surface area contributed by atoms with E-state index in [9.17, 15) is 0 Å². The third-order valence-corrected chi connectivity index (χ3v) is 3.23. The minimum absolute atomic E-state index is 0.456. The molecule has 0 bridgehead atoms. The summed E-state index contributed by atoms with van der Waals surface area (Å²) >= 11 is 1.90. The van der Waals surface area contributed by atoms with E-state index >= 15 is 0 Å². The molecule has 1 aromatic heterocycles. The Morgan fingerprint density at radius 2 is 2.64 bits per heavy atom. The molecule has 1 fully saturated rings. The summed E-state index contributed by atoms with van der Waals surface area (Å²) < 4.78 is 5.05. The molecule has 3 nitrogen and oxygen atoms in total. The summed E-state index contributed by atoms with van der Waals surface area (Å²) in [7, 11) is 0. The third kappa shape index (κ3) is 1.22. The molecular formula is C7H10N2OS. The summed E-state index contributed by atoms with van der Waals surface area (Å²) in [5.74, 6) is 2.08. The van der Waals surface area contributed by atoms with Crippen molar-refractivity contribution in [3.05, 3.63) is 12.0 Å². The monoisotopic (exact) mass is 170 g/mol. The second kappa shape index (κ2) is 2.77. The molecule has 0 saturated carbocycles. The first-order chi connectivity index (χ1) is 5.38.